The minimum Gasteiger partial charge on any atom is -0.486 e. The number of carbonyl (C=O) groups is 1. The molecule has 2 heterocycles. The lowest BCUT2D eigenvalue weighted by Gasteiger charge is -2.21. The van der Waals surface area contributed by atoms with Crippen molar-refractivity contribution in [1.82, 2.24) is 9.55 Å². The van der Waals surface area contributed by atoms with Crippen LogP contribution in [0.25, 0.3) is 0 Å². The first-order valence-corrected chi connectivity index (χ1v) is 7.22. The van der Waals surface area contributed by atoms with Gasteiger partial charge in [0.05, 0.1) is 6.54 Å². The molecule has 0 aliphatic carbocycles. The predicted molar refractivity (Wildman–Crippen MR) is 79.3 cm³/mol. The van der Waals surface area contributed by atoms with Crippen molar-refractivity contribution in [2.45, 2.75) is 26.5 Å². The van der Waals surface area contributed by atoms with Crippen LogP contribution in [0.5, 0.6) is 11.5 Å². The van der Waals surface area contributed by atoms with Crippen LogP contribution in [0.1, 0.15) is 23.1 Å². The summed E-state index contributed by atoms with van der Waals surface area (Å²) in [4.78, 5) is 16.5. The Bertz CT molecular complexity index is 681. The molecule has 116 valence electrons. The maximum atomic E-state index is 12.4. The maximum Gasteiger partial charge on any atom is 0.342 e. The van der Waals surface area contributed by atoms with E-state index in [9.17, 15) is 4.79 Å². The van der Waals surface area contributed by atoms with E-state index in [1.807, 2.05) is 24.6 Å². The van der Waals surface area contributed by atoms with Crippen molar-refractivity contribution in [3.05, 3.63) is 42.0 Å². The molecule has 1 aliphatic heterocycles. The Morgan fingerprint density at radius 1 is 1.41 bits per heavy atom. The SMILES string of the molecule is Cc1nccn1CC(C)OC(=O)c1cccc2c1OCCO2. The van der Waals surface area contributed by atoms with Gasteiger partial charge in [-0.25, -0.2) is 9.78 Å². The monoisotopic (exact) mass is 302 g/mol. The van der Waals surface area contributed by atoms with Crippen molar-refractivity contribution in [2.75, 3.05) is 13.2 Å². The Morgan fingerprint density at radius 3 is 3.00 bits per heavy atom. The largest absolute Gasteiger partial charge is 0.486 e. The van der Waals surface area contributed by atoms with Crippen LogP contribution in [-0.4, -0.2) is 34.8 Å². The van der Waals surface area contributed by atoms with Gasteiger partial charge < -0.3 is 18.8 Å². The van der Waals surface area contributed by atoms with Crippen LogP contribution in [0.4, 0.5) is 0 Å². The zero-order valence-electron chi connectivity index (χ0n) is 12.6. The summed E-state index contributed by atoms with van der Waals surface area (Å²) in [6.45, 7) is 5.24. The second-order valence-corrected chi connectivity index (χ2v) is 5.17. The first-order chi connectivity index (χ1) is 10.6. The van der Waals surface area contributed by atoms with Crippen LogP contribution in [0.2, 0.25) is 0 Å². The van der Waals surface area contributed by atoms with Crippen LogP contribution in [0, 0.1) is 6.92 Å². The average molecular weight is 302 g/mol. The lowest BCUT2D eigenvalue weighted by Crippen LogP contribution is -2.23. The van der Waals surface area contributed by atoms with Gasteiger partial charge in [0.2, 0.25) is 0 Å². The molecule has 0 amide bonds. The van der Waals surface area contributed by atoms with Crippen LogP contribution in [-0.2, 0) is 11.3 Å². The summed E-state index contributed by atoms with van der Waals surface area (Å²) in [5.74, 6) is 1.52. The van der Waals surface area contributed by atoms with Crippen molar-refractivity contribution < 1.29 is 19.0 Å². The Kier molecular flexibility index (Phi) is 4.00. The van der Waals surface area contributed by atoms with Crippen molar-refractivity contribution in [2.24, 2.45) is 0 Å². The van der Waals surface area contributed by atoms with E-state index in [0.717, 1.165) is 5.82 Å². The van der Waals surface area contributed by atoms with Crippen molar-refractivity contribution in [3.63, 3.8) is 0 Å². The minimum atomic E-state index is -0.410. The summed E-state index contributed by atoms with van der Waals surface area (Å²) in [6.07, 6.45) is 3.31. The number of aromatic nitrogens is 2. The molecule has 1 aliphatic rings. The number of rotatable bonds is 4. The quantitative estimate of drug-likeness (QED) is 0.810. The molecule has 1 aromatic carbocycles. The molecular weight excluding hydrogens is 284 g/mol. The zero-order valence-corrected chi connectivity index (χ0v) is 12.6. The number of para-hydroxylation sites is 1. The van der Waals surface area contributed by atoms with Crippen LogP contribution >= 0.6 is 0 Å². The number of benzene rings is 1. The molecule has 0 fully saturated rings. The Hall–Kier alpha value is -2.50. The Balaban J connectivity index is 1.71. The lowest BCUT2D eigenvalue weighted by atomic mass is 10.1. The first-order valence-electron chi connectivity index (χ1n) is 7.22. The van der Waals surface area contributed by atoms with E-state index in [2.05, 4.69) is 4.98 Å². The van der Waals surface area contributed by atoms with Gasteiger partial charge in [-0.1, -0.05) is 6.07 Å². The third-order valence-corrected chi connectivity index (χ3v) is 3.47. The lowest BCUT2D eigenvalue weighted by molar-refractivity contribution is 0.0296. The third kappa shape index (κ3) is 2.90. The maximum absolute atomic E-state index is 12.4. The summed E-state index contributed by atoms with van der Waals surface area (Å²) in [5, 5.41) is 0. The van der Waals surface area contributed by atoms with E-state index < -0.39 is 5.97 Å². The Morgan fingerprint density at radius 2 is 2.23 bits per heavy atom. The fourth-order valence-electron chi connectivity index (χ4n) is 2.39. The first kappa shape index (κ1) is 14.4. The average Bonchev–Trinajstić information content (AvgIpc) is 2.91. The fourth-order valence-corrected chi connectivity index (χ4v) is 2.39. The van der Waals surface area contributed by atoms with Gasteiger partial charge in [0.1, 0.15) is 30.7 Å². The van der Waals surface area contributed by atoms with Crippen LogP contribution < -0.4 is 9.47 Å². The molecule has 6 nitrogen and oxygen atoms in total. The molecule has 3 rings (SSSR count). The molecule has 2 aromatic rings. The number of ether oxygens (including phenoxy) is 3. The van der Waals surface area contributed by atoms with E-state index in [1.165, 1.54) is 0 Å². The molecular formula is C16H18N2O4. The summed E-state index contributed by atoms with van der Waals surface area (Å²) >= 11 is 0. The topological polar surface area (TPSA) is 62.6 Å². The van der Waals surface area contributed by atoms with Gasteiger partial charge in [0.15, 0.2) is 11.5 Å². The third-order valence-electron chi connectivity index (χ3n) is 3.47. The highest BCUT2D eigenvalue weighted by molar-refractivity contribution is 5.93. The molecule has 0 bridgehead atoms. The highest BCUT2D eigenvalue weighted by Gasteiger charge is 2.22. The van der Waals surface area contributed by atoms with E-state index >= 15 is 0 Å². The molecule has 0 saturated heterocycles. The van der Waals surface area contributed by atoms with E-state index in [-0.39, 0.29) is 6.10 Å². The molecule has 6 heteroatoms. The fraction of sp³-hybridized carbons (Fsp3) is 0.375. The number of hydrogen-bond acceptors (Lipinski definition) is 5. The minimum absolute atomic E-state index is 0.277. The molecule has 0 radical (unpaired) electrons. The molecule has 0 saturated carbocycles. The van der Waals surface area contributed by atoms with E-state index in [1.54, 1.807) is 24.4 Å². The Labute approximate surface area is 128 Å². The molecule has 0 spiro atoms. The molecule has 22 heavy (non-hydrogen) atoms. The van der Waals surface area contributed by atoms with Gasteiger partial charge in [-0.3, -0.25) is 0 Å². The van der Waals surface area contributed by atoms with Gasteiger partial charge in [0.25, 0.3) is 0 Å². The number of hydrogen-bond donors (Lipinski definition) is 0. The highest BCUT2D eigenvalue weighted by atomic mass is 16.6. The number of carbonyl (C=O) groups excluding carboxylic acids is 1. The summed E-state index contributed by atoms with van der Waals surface area (Å²) in [5.41, 5.74) is 0.395. The highest BCUT2D eigenvalue weighted by Crippen LogP contribution is 2.34. The molecule has 1 unspecified atom stereocenters. The molecule has 1 aromatic heterocycles. The molecule has 1 atom stereocenters. The second-order valence-electron chi connectivity index (χ2n) is 5.17. The van der Waals surface area contributed by atoms with Gasteiger partial charge in [0, 0.05) is 12.4 Å². The summed E-state index contributed by atoms with van der Waals surface area (Å²) in [6, 6.07) is 5.23. The number of aryl methyl sites for hydroxylation is 1. The van der Waals surface area contributed by atoms with Crippen LogP contribution in [0.3, 0.4) is 0 Å². The number of fused-ring (bicyclic) bond motifs is 1. The molecule has 0 N–H and O–H groups in total. The van der Waals surface area contributed by atoms with Gasteiger partial charge in [-0.15, -0.1) is 0 Å². The van der Waals surface area contributed by atoms with Gasteiger partial charge in [-0.05, 0) is 26.0 Å². The van der Waals surface area contributed by atoms with Gasteiger partial charge >= 0.3 is 5.97 Å². The number of nitrogens with zero attached hydrogens (tertiary/aromatic N) is 2. The van der Waals surface area contributed by atoms with E-state index in [4.69, 9.17) is 14.2 Å². The number of imidazole rings is 1. The second kappa shape index (κ2) is 6.09. The zero-order chi connectivity index (χ0) is 15.5. The van der Waals surface area contributed by atoms with Crippen molar-refractivity contribution in [1.29, 1.82) is 0 Å². The standard InChI is InChI=1S/C16H18N2O4/c1-11(10-18-7-6-17-12(18)2)22-16(19)13-4-3-5-14-15(13)21-9-8-20-14/h3-7,11H,8-10H2,1-2H3. The summed E-state index contributed by atoms with van der Waals surface area (Å²) < 4.78 is 18.5. The van der Waals surface area contributed by atoms with Gasteiger partial charge in [-0.2, -0.15) is 0 Å². The summed E-state index contributed by atoms with van der Waals surface area (Å²) in [7, 11) is 0. The predicted octanol–water partition coefficient (Wildman–Crippen LogP) is 2.21. The normalized spacial score (nSPS) is 14.5. The number of esters is 1. The van der Waals surface area contributed by atoms with Crippen molar-refractivity contribution in [3.8, 4) is 11.5 Å². The smallest absolute Gasteiger partial charge is 0.342 e. The van der Waals surface area contributed by atoms with E-state index in [0.29, 0.717) is 36.8 Å². The van der Waals surface area contributed by atoms with Crippen molar-refractivity contribution >= 4 is 5.97 Å². The van der Waals surface area contributed by atoms with Crippen LogP contribution in [0.15, 0.2) is 30.6 Å².